The zero-order valence-corrected chi connectivity index (χ0v) is 13.1. The van der Waals surface area contributed by atoms with Gasteiger partial charge in [-0.1, -0.05) is 6.07 Å². The lowest BCUT2D eigenvalue weighted by molar-refractivity contribution is -0.0727. The Kier molecular flexibility index (Phi) is 4.46. The third-order valence-electron chi connectivity index (χ3n) is 4.97. The van der Waals surface area contributed by atoms with E-state index in [-0.39, 0.29) is 0 Å². The lowest BCUT2D eigenvalue weighted by Crippen LogP contribution is -2.56. The van der Waals surface area contributed by atoms with Crippen LogP contribution in [-0.4, -0.2) is 40.0 Å². The molecule has 0 aromatic carbocycles. The minimum absolute atomic E-state index is 0.360. The molecule has 1 aliphatic carbocycles. The Bertz CT molecular complexity index is 404. The number of hydrogen-bond donors (Lipinski definition) is 1. The molecule has 2 heterocycles. The van der Waals surface area contributed by atoms with Gasteiger partial charge in [-0.05, 0) is 42.5 Å². The summed E-state index contributed by atoms with van der Waals surface area (Å²) in [5.74, 6) is 0. The maximum Gasteiger partial charge on any atom is 0.0587 e. The highest BCUT2D eigenvalue weighted by molar-refractivity contribution is 7.10. The minimum Gasteiger partial charge on any atom is -0.383 e. The first-order valence-corrected chi connectivity index (χ1v) is 8.48. The highest BCUT2D eigenvalue weighted by atomic mass is 32.1. The van der Waals surface area contributed by atoms with E-state index in [0.717, 1.165) is 32.9 Å². The first-order chi connectivity index (χ1) is 9.79. The predicted octanol–water partition coefficient (Wildman–Crippen LogP) is 2.81. The Labute approximate surface area is 125 Å². The van der Waals surface area contributed by atoms with E-state index in [1.165, 1.54) is 25.7 Å². The highest BCUT2D eigenvalue weighted by Gasteiger charge is 2.55. The molecule has 1 aliphatic heterocycles. The smallest absolute Gasteiger partial charge is 0.0587 e. The number of methoxy groups -OCH3 is 1. The van der Waals surface area contributed by atoms with Crippen molar-refractivity contribution >= 4 is 11.3 Å². The van der Waals surface area contributed by atoms with Gasteiger partial charge in [0.25, 0.3) is 0 Å². The van der Waals surface area contributed by atoms with Gasteiger partial charge in [-0.15, -0.1) is 11.3 Å². The summed E-state index contributed by atoms with van der Waals surface area (Å²) < 4.78 is 10.7. The topological polar surface area (TPSA) is 30.5 Å². The van der Waals surface area contributed by atoms with Crippen molar-refractivity contribution in [3.8, 4) is 0 Å². The van der Waals surface area contributed by atoms with Gasteiger partial charge in [0.1, 0.15) is 0 Å². The second kappa shape index (κ2) is 6.14. The summed E-state index contributed by atoms with van der Waals surface area (Å²) in [5, 5.41) is 5.80. The van der Waals surface area contributed by atoms with Crippen LogP contribution in [0.25, 0.3) is 0 Å². The summed E-state index contributed by atoms with van der Waals surface area (Å²) in [7, 11) is 1.76. The van der Waals surface area contributed by atoms with Crippen LogP contribution < -0.4 is 5.32 Å². The van der Waals surface area contributed by atoms with Crippen LogP contribution >= 0.6 is 11.3 Å². The fourth-order valence-electron chi connectivity index (χ4n) is 4.01. The first-order valence-electron chi connectivity index (χ1n) is 7.60. The molecule has 3 rings (SSSR count). The summed E-state index contributed by atoms with van der Waals surface area (Å²) >= 11 is 1.91. The van der Waals surface area contributed by atoms with Crippen molar-refractivity contribution in [1.29, 1.82) is 0 Å². The van der Waals surface area contributed by atoms with Gasteiger partial charge in [0.05, 0.1) is 6.61 Å². The molecular weight excluding hydrogens is 270 g/mol. The van der Waals surface area contributed by atoms with Crippen molar-refractivity contribution < 1.29 is 9.47 Å². The standard InChI is InChI=1S/C16H25NO2S/c1-18-9-6-17-13-16(14-3-2-10-20-14)11-15(12-16)4-7-19-8-5-15/h2-3,10,17H,4-9,11-13H2,1H3. The van der Waals surface area contributed by atoms with Crippen LogP contribution in [0.5, 0.6) is 0 Å². The molecule has 1 aromatic rings. The SMILES string of the molecule is COCCNCC1(c2cccs2)CC2(CCOCC2)C1. The van der Waals surface area contributed by atoms with Gasteiger partial charge in [0.2, 0.25) is 0 Å². The fourth-order valence-corrected chi connectivity index (χ4v) is 4.94. The van der Waals surface area contributed by atoms with Gasteiger partial charge in [-0.3, -0.25) is 0 Å². The number of hydrogen-bond acceptors (Lipinski definition) is 4. The second-order valence-corrected chi connectivity index (χ2v) is 7.34. The summed E-state index contributed by atoms with van der Waals surface area (Å²) in [6.07, 6.45) is 5.14. The van der Waals surface area contributed by atoms with Crippen LogP contribution in [-0.2, 0) is 14.9 Å². The van der Waals surface area contributed by atoms with Crippen molar-refractivity contribution in [2.75, 3.05) is 40.0 Å². The summed E-state index contributed by atoms with van der Waals surface area (Å²) in [4.78, 5) is 1.56. The monoisotopic (exact) mass is 295 g/mol. The van der Waals surface area contributed by atoms with Crippen LogP contribution in [0.4, 0.5) is 0 Å². The molecule has 2 fully saturated rings. The van der Waals surface area contributed by atoms with Crippen LogP contribution in [0.1, 0.15) is 30.6 Å². The van der Waals surface area contributed by atoms with Crippen LogP contribution in [0.3, 0.4) is 0 Å². The van der Waals surface area contributed by atoms with Gasteiger partial charge >= 0.3 is 0 Å². The third-order valence-corrected chi connectivity index (χ3v) is 6.09. The van der Waals surface area contributed by atoms with Gasteiger partial charge < -0.3 is 14.8 Å². The van der Waals surface area contributed by atoms with Crippen molar-refractivity contribution in [2.45, 2.75) is 31.1 Å². The summed E-state index contributed by atoms with van der Waals surface area (Å²) in [6, 6.07) is 4.50. The number of thiophene rings is 1. The second-order valence-electron chi connectivity index (χ2n) is 6.39. The molecule has 1 N–H and O–H groups in total. The Morgan fingerprint density at radius 3 is 2.80 bits per heavy atom. The molecule has 1 aromatic heterocycles. The van der Waals surface area contributed by atoms with Gasteiger partial charge in [-0.25, -0.2) is 0 Å². The molecule has 0 bridgehead atoms. The summed E-state index contributed by atoms with van der Waals surface area (Å²) in [6.45, 7) is 4.73. The maximum absolute atomic E-state index is 5.54. The minimum atomic E-state index is 0.360. The molecule has 0 atom stereocenters. The number of ether oxygens (including phenoxy) is 2. The molecule has 1 saturated carbocycles. The molecule has 2 aliphatic rings. The first kappa shape index (κ1) is 14.5. The zero-order chi connectivity index (χ0) is 13.9. The van der Waals surface area contributed by atoms with Crippen molar-refractivity contribution in [3.63, 3.8) is 0 Å². The van der Waals surface area contributed by atoms with Gasteiger partial charge in [-0.2, -0.15) is 0 Å². The Hall–Kier alpha value is -0.420. The van der Waals surface area contributed by atoms with Crippen molar-refractivity contribution in [1.82, 2.24) is 5.32 Å². The normalized spacial score (nSPS) is 23.6. The number of rotatable bonds is 6. The van der Waals surface area contributed by atoms with E-state index in [2.05, 4.69) is 22.8 Å². The number of nitrogens with one attached hydrogen (secondary N) is 1. The molecule has 1 saturated heterocycles. The van der Waals surface area contributed by atoms with E-state index < -0.39 is 0 Å². The Balaban J connectivity index is 1.64. The molecule has 0 amide bonds. The fraction of sp³-hybridized carbons (Fsp3) is 0.750. The highest BCUT2D eigenvalue weighted by Crippen LogP contribution is 2.60. The summed E-state index contributed by atoms with van der Waals surface area (Å²) in [5.41, 5.74) is 0.921. The maximum atomic E-state index is 5.54. The Morgan fingerprint density at radius 1 is 1.35 bits per heavy atom. The molecule has 0 unspecified atom stereocenters. The van der Waals surface area contributed by atoms with Gasteiger partial charge in [0, 0.05) is 43.7 Å². The average Bonchev–Trinajstić information content (AvgIpc) is 2.97. The predicted molar refractivity (Wildman–Crippen MR) is 82.5 cm³/mol. The molecule has 20 heavy (non-hydrogen) atoms. The quantitative estimate of drug-likeness (QED) is 0.819. The van der Waals surface area contributed by atoms with Crippen molar-refractivity contribution in [3.05, 3.63) is 22.4 Å². The van der Waals surface area contributed by atoms with E-state index in [4.69, 9.17) is 9.47 Å². The molecular formula is C16H25NO2S. The molecule has 3 nitrogen and oxygen atoms in total. The van der Waals surface area contributed by atoms with Gasteiger partial charge in [0.15, 0.2) is 0 Å². The zero-order valence-electron chi connectivity index (χ0n) is 12.3. The van der Waals surface area contributed by atoms with E-state index in [1.54, 1.807) is 12.0 Å². The molecule has 0 radical (unpaired) electrons. The van der Waals surface area contributed by atoms with E-state index in [9.17, 15) is 0 Å². The lowest BCUT2D eigenvalue weighted by atomic mass is 9.49. The lowest BCUT2D eigenvalue weighted by Gasteiger charge is -2.58. The largest absolute Gasteiger partial charge is 0.383 e. The third kappa shape index (κ3) is 2.80. The van der Waals surface area contributed by atoms with E-state index in [0.29, 0.717) is 10.8 Å². The van der Waals surface area contributed by atoms with E-state index in [1.807, 2.05) is 11.3 Å². The van der Waals surface area contributed by atoms with Crippen LogP contribution in [0.15, 0.2) is 17.5 Å². The molecule has 1 spiro atoms. The van der Waals surface area contributed by atoms with Crippen LogP contribution in [0.2, 0.25) is 0 Å². The van der Waals surface area contributed by atoms with Crippen LogP contribution in [0, 0.1) is 5.41 Å². The average molecular weight is 295 g/mol. The molecule has 112 valence electrons. The Morgan fingerprint density at radius 2 is 2.15 bits per heavy atom. The molecule has 4 heteroatoms. The van der Waals surface area contributed by atoms with Crippen molar-refractivity contribution in [2.24, 2.45) is 5.41 Å². The van der Waals surface area contributed by atoms with E-state index >= 15 is 0 Å².